The van der Waals surface area contributed by atoms with Gasteiger partial charge in [-0.2, -0.15) is 0 Å². The van der Waals surface area contributed by atoms with Crippen molar-refractivity contribution >= 4 is 28.2 Å². The maximum absolute atomic E-state index is 5.82. The number of nitrogen functional groups attached to an aromatic ring is 1. The van der Waals surface area contributed by atoms with Gasteiger partial charge in [-0.05, 0) is 12.1 Å². The molecule has 2 nitrogen and oxygen atoms in total. The van der Waals surface area contributed by atoms with E-state index >= 15 is 0 Å². The molecule has 1 aromatic heterocycles. The van der Waals surface area contributed by atoms with Crippen molar-refractivity contribution in [1.82, 2.24) is 4.98 Å². The molecule has 0 unspecified atom stereocenters. The molecule has 3 heteroatoms. The molecule has 1 heterocycles. The molecule has 12 heavy (non-hydrogen) atoms. The van der Waals surface area contributed by atoms with E-state index < -0.39 is 0 Å². The van der Waals surface area contributed by atoms with Crippen LogP contribution in [0.2, 0.25) is 5.02 Å². The van der Waals surface area contributed by atoms with E-state index in [1.807, 2.05) is 18.2 Å². The van der Waals surface area contributed by atoms with Crippen molar-refractivity contribution in [2.45, 2.75) is 0 Å². The average Bonchev–Trinajstić information content (AvgIpc) is 2.12. The van der Waals surface area contributed by atoms with E-state index in [4.69, 9.17) is 17.3 Å². The van der Waals surface area contributed by atoms with E-state index in [9.17, 15) is 0 Å². The van der Waals surface area contributed by atoms with E-state index in [0.29, 0.717) is 10.7 Å². The van der Waals surface area contributed by atoms with Gasteiger partial charge in [0.2, 0.25) is 0 Å². The van der Waals surface area contributed by atoms with Crippen molar-refractivity contribution in [3.63, 3.8) is 0 Å². The molecular weight excluding hydrogens is 172 g/mol. The normalized spacial score (nSPS) is 10.4. The number of nitrogens with two attached hydrogens (primary N) is 1. The zero-order valence-corrected chi connectivity index (χ0v) is 7.05. The number of benzene rings is 1. The first-order chi connectivity index (χ1) is 5.79. The maximum atomic E-state index is 5.82. The number of nitrogens with zero attached hydrogens (tertiary/aromatic N) is 1. The number of aromatic nitrogens is 1. The van der Waals surface area contributed by atoms with E-state index in [1.54, 1.807) is 12.3 Å². The summed E-state index contributed by atoms with van der Waals surface area (Å²) in [5, 5.41) is 1.57. The van der Waals surface area contributed by atoms with Gasteiger partial charge in [0.05, 0.1) is 16.2 Å². The van der Waals surface area contributed by atoms with Gasteiger partial charge in [0, 0.05) is 11.6 Å². The van der Waals surface area contributed by atoms with Crippen molar-refractivity contribution in [2.75, 3.05) is 5.73 Å². The summed E-state index contributed by atoms with van der Waals surface area (Å²) in [4.78, 5) is 4.13. The van der Waals surface area contributed by atoms with Gasteiger partial charge in [-0.15, -0.1) is 0 Å². The highest BCUT2D eigenvalue weighted by Gasteiger charge is 2.01. The van der Waals surface area contributed by atoms with Crippen LogP contribution in [-0.2, 0) is 0 Å². The molecule has 0 amide bonds. The van der Waals surface area contributed by atoms with Crippen LogP contribution >= 0.6 is 11.6 Å². The number of pyridine rings is 1. The van der Waals surface area contributed by atoms with Crippen LogP contribution in [0, 0.1) is 0 Å². The lowest BCUT2D eigenvalue weighted by Crippen LogP contribution is -1.89. The molecule has 0 aliphatic heterocycles. The van der Waals surface area contributed by atoms with Crippen LogP contribution < -0.4 is 5.73 Å². The number of anilines is 1. The van der Waals surface area contributed by atoms with E-state index in [2.05, 4.69) is 4.98 Å². The van der Waals surface area contributed by atoms with Crippen molar-refractivity contribution in [2.24, 2.45) is 0 Å². The number of halogens is 1. The molecule has 0 saturated carbocycles. The minimum absolute atomic E-state index is 0.551. The third-order valence-electron chi connectivity index (χ3n) is 1.76. The highest BCUT2D eigenvalue weighted by molar-refractivity contribution is 6.34. The first kappa shape index (κ1) is 7.37. The average molecular weight is 179 g/mol. The fourth-order valence-corrected chi connectivity index (χ4v) is 1.30. The Hall–Kier alpha value is -1.28. The molecule has 0 fully saturated rings. The molecule has 0 saturated heterocycles. The molecule has 0 aliphatic carbocycles. The van der Waals surface area contributed by atoms with Crippen molar-refractivity contribution in [3.8, 4) is 0 Å². The van der Waals surface area contributed by atoms with E-state index in [1.165, 1.54) is 0 Å². The molecule has 0 atom stereocenters. The van der Waals surface area contributed by atoms with Crippen LogP contribution in [0.3, 0.4) is 0 Å². The number of hydrogen-bond donors (Lipinski definition) is 1. The smallest absolute Gasteiger partial charge is 0.0946 e. The van der Waals surface area contributed by atoms with Crippen molar-refractivity contribution in [1.29, 1.82) is 0 Å². The van der Waals surface area contributed by atoms with E-state index in [-0.39, 0.29) is 0 Å². The second-order valence-corrected chi connectivity index (χ2v) is 2.94. The predicted octanol–water partition coefficient (Wildman–Crippen LogP) is 2.47. The van der Waals surface area contributed by atoms with Gasteiger partial charge >= 0.3 is 0 Å². The Kier molecular flexibility index (Phi) is 1.62. The van der Waals surface area contributed by atoms with Crippen molar-refractivity contribution < 1.29 is 0 Å². The summed E-state index contributed by atoms with van der Waals surface area (Å²) in [6.45, 7) is 0. The zero-order chi connectivity index (χ0) is 8.55. The molecule has 2 N–H and O–H groups in total. The minimum atomic E-state index is 0.551. The monoisotopic (exact) mass is 178 g/mol. The Morgan fingerprint density at radius 1 is 1.25 bits per heavy atom. The second-order valence-electron chi connectivity index (χ2n) is 2.54. The lowest BCUT2D eigenvalue weighted by atomic mass is 10.2. The van der Waals surface area contributed by atoms with Crippen LogP contribution in [-0.4, -0.2) is 4.98 Å². The molecule has 2 rings (SSSR count). The Labute approximate surface area is 75.0 Å². The van der Waals surface area contributed by atoms with Crippen LogP contribution in [0.15, 0.2) is 30.5 Å². The Balaban J connectivity index is 2.91. The quantitative estimate of drug-likeness (QED) is 0.630. The highest BCUT2D eigenvalue weighted by Crippen LogP contribution is 2.25. The Bertz CT molecular complexity index is 426. The minimum Gasteiger partial charge on any atom is -0.396 e. The molecule has 60 valence electrons. The lowest BCUT2D eigenvalue weighted by Gasteiger charge is -2.01. The first-order valence-corrected chi connectivity index (χ1v) is 3.95. The summed E-state index contributed by atoms with van der Waals surface area (Å²) in [5.41, 5.74) is 7.04. The van der Waals surface area contributed by atoms with Gasteiger partial charge in [-0.3, -0.25) is 4.98 Å². The largest absolute Gasteiger partial charge is 0.396 e. The Morgan fingerprint density at radius 2 is 2.08 bits per heavy atom. The van der Waals surface area contributed by atoms with E-state index in [0.717, 1.165) is 10.9 Å². The number of rotatable bonds is 0. The van der Waals surface area contributed by atoms with Crippen LogP contribution in [0.1, 0.15) is 0 Å². The molecule has 0 radical (unpaired) electrons. The third-order valence-corrected chi connectivity index (χ3v) is 2.09. The summed E-state index contributed by atoms with van der Waals surface area (Å²) in [5.74, 6) is 0. The molecular formula is C9H7ClN2. The summed E-state index contributed by atoms with van der Waals surface area (Å²) in [6, 6.07) is 7.51. The van der Waals surface area contributed by atoms with Gasteiger partial charge in [0.15, 0.2) is 0 Å². The predicted molar refractivity (Wildman–Crippen MR) is 51.2 cm³/mol. The summed E-state index contributed by atoms with van der Waals surface area (Å²) < 4.78 is 0. The molecule has 1 aromatic carbocycles. The third kappa shape index (κ3) is 1.01. The SMILES string of the molecule is Nc1c(Cl)ccc2cccnc12. The number of fused-ring (bicyclic) bond motifs is 1. The molecule has 0 aliphatic rings. The molecule has 0 spiro atoms. The fraction of sp³-hybridized carbons (Fsp3) is 0. The van der Waals surface area contributed by atoms with Gasteiger partial charge in [-0.1, -0.05) is 23.7 Å². The van der Waals surface area contributed by atoms with Crippen LogP contribution in [0.25, 0.3) is 10.9 Å². The zero-order valence-electron chi connectivity index (χ0n) is 6.29. The standard InChI is InChI=1S/C9H7ClN2/c10-7-4-3-6-2-1-5-12-9(6)8(7)11/h1-5H,11H2. The van der Waals surface area contributed by atoms with Crippen LogP contribution in [0.5, 0.6) is 0 Å². The molecule has 0 bridgehead atoms. The van der Waals surface area contributed by atoms with Crippen LogP contribution in [0.4, 0.5) is 5.69 Å². The Morgan fingerprint density at radius 3 is 2.92 bits per heavy atom. The maximum Gasteiger partial charge on any atom is 0.0946 e. The first-order valence-electron chi connectivity index (χ1n) is 3.58. The summed E-state index contributed by atoms with van der Waals surface area (Å²) >= 11 is 5.82. The topological polar surface area (TPSA) is 38.9 Å². The van der Waals surface area contributed by atoms with Crippen molar-refractivity contribution in [3.05, 3.63) is 35.5 Å². The fourth-order valence-electron chi connectivity index (χ4n) is 1.14. The van der Waals surface area contributed by atoms with Gasteiger partial charge in [-0.25, -0.2) is 0 Å². The second kappa shape index (κ2) is 2.64. The number of hydrogen-bond acceptors (Lipinski definition) is 2. The summed E-state index contributed by atoms with van der Waals surface area (Å²) in [7, 11) is 0. The summed E-state index contributed by atoms with van der Waals surface area (Å²) in [6.07, 6.45) is 1.70. The van der Waals surface area contributed by atoms with Gasteiger partial charge in [0.1, 0.15) is 0 Å². The van der Waals surface area contributed by atoms with Gasteiger partial charge < -0.3 is 5.73 Å². The molecule has 2 aromatic rings. The van der Waals surface area contributed by atoms with Gasteiger partial charge in [0.25, 0.3) is 0 Å². The lowest BCUT2D eigenvalue weighted by molar-refractivity contribution is 1.41. The highest BCUT2D eigenvalue weighted by atomic mass is 35.5.